The molecule has 0 fully saturated rings. The number of amides is 1. The van der Waals surface area contributed by atoms with Crippen molar-refractivity contribution in [3.63, 3.8) is 0 Å². The summed E-state index contributed by atoms with van der Waals surface area (Å²) >= 11 is 0. The largest absolute Gasteiger partial charge is 0.381 e. The summed E-state index contributed by atoms with van der Waals surface area (Å²) in [7, 11) is 0. The molecule has 4 nitrogen and oxygen atoms in total. The minimum Gasteiger partial charge on any atom is -0.381 e. The summed E-state index contributed by atoms with van der Waals surface area (Å²) in [5.74, 6) is 5.95. The highest BCUT2D eigenvalue weighted by Crippen LogP contribution is 2.24. The first-order valence-corrected chi connectivity index (χ1v) is 10.8. The Kier molecular flexibility index (Phi) is 7.92. The molecule has 0 heterocycles. The third kappa shape index (κ3) is 8.11. The predicted molar refractivity (Wildman–Crippen MR) is 129 cm³/mol. The first kappa shape index (κ1) is 24.5. The Hall–Kier alpha value is -2.77. The molecule has 0 saturated carbocycles. The highest BCUT2D eigenvalue weighted by atomic mass is 16.3. The lowest BCUT2D eigenvalue weighted by molar-refractivity contribution is 0.0918. The first-order valence-electron chi connectivity index (χ1n) is 10.8. The van der Waals surface area contributed by atoms with E-state index in [0.717, 1.165) is 35.2 Å². The Bertz CT molecular complexity index is 944. The van der Waals surface area contributed by atoms with E-state index in [0.29, 0.717) is 5.56 Å². The number of hydrogen-bond donors (Lipinski definition) is 3. The Morgan fingerprint density at radius 3 is 2.42 bits per heavy atom. The van der Waals surface area contributed by atoms with Crippen LogP contribution in [0.5, 0.6) is 0 Å². The zero-order valence-electron chi connectivity index (χ0n) is 19.7. The molecule has 0 saturated heterocycles. The lowest BCUT2D eigenvalue weighted by Crippen LogP contribution is -2.41. The number of nitrogens with one attached hydrogen (secondary N) is 2. The van der Waals surface area contributed by atoms with Gasteiger partial charge in [-0.05, 0) is 71.6 Å². The first-order chi connectivity index (χ1) is 14.4. The minimum atomic E-state index is -0.878. The van der Waals surface area contributed by atoms with Crippen molar-refractivity contribution in [2.75, 3.05) is 0 Å². The normalized spacial score (nSPS) is 15.1. The highest BCUT2D eigenvalue weighted by molar-refractivity contribution is 5.96. The Morgan fingerprint density at radius 1 is 1.13 bits per heavy atom. The summed E-state index contributed by atoms with van der Waals surface area (Å²) < 4.78 is 0. The molecular weight excluding hydrogens is 384 g/mol. The summed E-state index contributed by atoms with van der Waals surface area (Å²) in [5.41, 5.74) is 3.77. The van der Waals surface area contributed by atoms with Gasteiger partial charge in [0.15, 0.2) is 0 Å². The molecular formula is C27H36N2O2. The van der Waals surface area contributed by atoms with Crippen LogP contribution in [0, 0.1) is 11.8 Å². The molecule has 1 amide bonds. The molecule has 0 spiro atoms. The standard InChI is InChI=1S/C27H36N2O2/c1-19(28-26(2,3)4)23-14-10-8-12-20(23)16-17-22(30)18-21-13-9-11-15-24(21)25(31)29-27(5,6)7/h8-9,11-13,15,22,28,30H,1,10,14,18H2,2-7H3,(H,29,31). The van der Waals surface area contributed by atoms with Crippen molar-refractivity contribution >= 4 is 5.91 Å². The second kappa shape index (κ2) is 10.0. The van der Waals surface area contributed by atoms with E-state index in [-0.39, 0.29) is 23.4 Å². The fourth-order valence-electron chi connectivity index (χ4n) is 3.37. The van der Waals surface area contributed by atoms with Crippen LogP contribution in [0.2, 0.25) is 0 Å². The number of aliphatic hydroxyl groups excluding tert-OH is 1. The smallest absolute Gasteiger partial charge is 0.251 e. The molecule has 2 rings (SSSR count). The fourth-order valence-corrected chi connectivity index (χ4v) is 3.37. The number of allylic oxidation sites excluding steroid dienone is 4. The van der Waals surface area contributed by atoms with E-state index in [9.17, 15) is 9.90 Å². The van der Waals surface area contributed by atoms with Crippen LogP contribution in [0.1, 0.15) is 70.3 Å². The maximum absolute atomic E-state index is 12.6. The van der Waals surface area contributed by atoms with E-state index in [1.807, 2.05) is 45.0 Å². The maximum atomic E-state index is 12.6. The van der Waals surface area contributed by atoms with E-state index < -0.39 is 6.10 Å². The summed E-state index contributed by atoms with van der Waals surface area (Å²) in [6, 6.07) is 7.35. The lowest BCUT2D eigenvalue weighted by atomic mass is 9.94. The van der Waals surface area contributed by atoms with Gasteiger partial charge in [0, 0.05) is 34.3 Å². The molecule has 1 aliphatic rings. The highest BCUT2D eigenvalue weighted by Gasteiger charge is 2.19. The molecule has 4 heteroatoms. The van der Waals surface area contributed by atoms with Gasteiger partial charge in [-0.15, -0.1) is 0 Å². The number of hydrogen-bond acceptors (Lipinski definition) is 3. The van der Waals surface area contributed by atoms with Gasteiger partial charge in [0.25, 0.3) is 5.91 Å². The van der Waals surface area contributed by atoms with Crippen LogP contribution in [-0.4, -0.2) is 28.2 Å². The van der Waals surface area contributed by atoms with E-state index in [1.165, 1.54) is 0 Å². The van der Waals surface area contributed by atoms with Crippen LogP contribution in [0.25, 0.3) is 0 Å². The maximum Gasteiger partial charge on any atom is 0.251 e. The molecule has 1 unspecified atom stereocenters. The number of aliphatic hydroxyl groups is 1. The van der Waals surface area contributed by atoms with Crippen molar-refractivity contribution in [2.45, 2.75) is 78.0 Å². The van der Waals surface area contributed by atoms with Gasteiger partial charge >= 0.3 is 0 Å². The monoisotopic (exact) mass is 420 g/mol. The predicted octanol–water partition coefficient (Wildman–Crippen LogP) is 4.67. The van der Waals surface area contributed by atoms with Crippen molar-refractivity contribution in [1.29, 1.82) is 0 Å². The van der Waals surface area contributed by atoms with Crippen LogP contribution in [0.15, 0.2) is 59.8 Å². The van der Waals surface area contributed by atoms with Gasteiger partial charge < -0.3 is 15.7 Å². The van der Waals surface area contributed by atoms with Crippen molar-refractivity contribution in [3.8, 4) is 11.8 Å². The van der Waals surface area contributed by atoms with Crippen LogP contribution in [0.4, 0.5) is 0 Å². The molecule has 0 bridgehead atoms. The zero-order chi connectivity index (χ0) is 23.2. The van der Waals surface area contributed by atoms with E-state index in [4.69, 9.17) is 0 Å². The molecule has 1 atom stereocenters. The van der Waals surface area contributed by atoms with Gasteiger partial charge in [0.2, 0.25) is 0 Å². The second-order valence-electron chi connectivity index (χ2n) is 10.0. The molecule has 0 radical (unpaired) electrons. The van der Waals surface area contributed by atoms with E-state index in [2.05, 4.69) is 55.9 Å². The van der Waals surface area contributed by atoms with Crippen LogP contribution in [0.3, 0.4) is 0 Å². The molecule has 1 aliphatic carbocycles. The number of rotatable bonds is 5. The van der Waals surface area contributed by atoms with Gasteiger partial charge in [-0.25, -0.2) is 0 Å². The number of benzene rings is 1. The van der Waals surface area contributed by atoms with Gasteiger partial charge in [-0.3, -0.25) is 4.79 Å². The van der Waals surface area contributed by atoms with Gasteiger partial charge in [-0.1, -0.05) is 48.8 Å². The third-order valence-corrected chi connectivity index (χ3v) is 4.60. The number of carbonyl (C=O) groups is 1. The summed E-state index contributed by atoms with van der Waals surface area (Å²) in [6.07, 6.45) is 5.32. The van der Waals surface area contributed by atoms with Crippen LogP contribution < -0.4 is 10.6 Å². The third-order valence-electron chi connectivity index (χ3n) is 4.60. The molecule has 0 aromatic heterocycles. The average molecular weight is 421 g/mol. The molecule has 166 valence electrons. The Balaban J connectivity index is 2.20. The van der Waals surface area contributed by atoms with Crippen molar-refractivity contribution in [1.82, 2.24) is 10.6 Å². The average Bonchev–Trinajstić information content (AvgIpc) is 2.64. The quantitative estimate of drug-likeness (QED) is 0.607. The van der Waals surface area contributed by atoms with Gasteiger partial charge in [0.05, 0.1) is 0 Å². The van der Waals surface area contributed by atoms with Crippen LogP contribution >= 0.6 is 0 Å². The van der Waals surface area contributed by atoms with Crippen molar-refractivity contribution in [3.05, 3.63) is 71.0 Å². The molecule has 1 aromatic carbocycles. The number of carbonyl (C=O) groups excluding carboxylic acids is 1. The SMILES string of the molecule is C=C(NC(C)(C)C)C1=C(C#CC(O)Cc2ccccc2C(=O)NC(C)(C)C)C=CCC1. The van der Waals surface area contributed by atoms with Crippen LogP contribution in [-0.2, 0) is 6.42 Å². The van der Waals surface area contributed by atoms with Gasteiger partial charge in [0.1, 0.15) is 6.10 Å². The summed E-state index contributed by atoms with van der Waals surface area (Å²) in [4.78, 5) is 12.6. The Labute approximate surface area is 187 Å². The fraction of sp³-hybridized carbons (Fsp3) is 0.444. The van der Waals surface area contributed by atoms with E-state index in [1.54, 1.807) is 6.07 Å². The molecule has 3 N–H and O–H groups in total. The summed E-state index contributed by atoms with van der Waals surface area (Å²) in [6.45, 7) is 16.3. The van der Waals surface area contributed by atoms with Crippen molar-refractivity contribution in [2.24, 2.45) is 0 Å². The second-order valence-corrected chi connectivity index (χ2v) is 10.0. The molecule has 1 aromatic rings. The van der Waals surface area contributed by atoms with Gasteiger partial charge in [-0.2, -0.15) is 0 Å². The Morgan fingerprint density at radius 2 is 1.77 bits per heavy atom. The zero-order valence-corrected chi connectivity index (χ0v) is 19.7. The van der Waals surface area contributed by atoms with Crippen molar-refractivity contribution < 1.29 is 9.90 Å². The molecule has 0 aliphatic heterocycles. The molecule has 31 heavy (non-hydrogen) atoms. The lowest BCUT2D eigenvalue weighted by Gasteiger charge is -2.26. The van der Waals surface area contributed by atoms with E-state index >= 15 is 0 Å². The topological polar surface area (TPSA) is 61.4 Å². The summed E-state index contributed by atoms with van der Waals surface area (Å²) in [5, 5.41) is 17.0. The minimum absolute atomic E-state index is 0.0827.